The van der Waals surface area contributed by atoms with Crippen molar-refractivity contribution < 1.29 is 4.79 Å². The quantitative estimate of drug-likeness (QED) is 0.628. The van der Waals surface area contributed by atoms with Crippen molar-refractivity contribution >= 4 is 11.7 Å². The van der Waals surface area contributed by atoms with Crippen LogP contribution in [0.4, 0.5) is 5.82 Å². The van der Waals surface area contributed by atoms with Gasteiger partial charge in [0.25, 0.3) is 5.91 Å². The molecule has 0 N–H and O–H groups in total. The fourth-order valence-electron chi connectivity index (χ4n) is 3.44. The number of anilines is 1. The highest BCUT2D eigenvalue weighted by Crippen LogP contribution is 2.19. The number of carbonyl (C=O) groups excluding carboxylic acids is 1. The van der Waals surface area contributed by atoms with Gasteiger partial charge in [-0.15, -0.1) is 0 Å². The fourth-order valence-corrected chi connectivity index (χ4v) is 3.44. The molecule has 0 aliphatic carbocycles. The third-order valence-electron chi connectivity index (χ3n) is 5.01. The van der Waals surface area contributed by atoms with Crippen LogP contribution in [0.2, 0.25) is 0 Å². The van der Waals surface area contributed by atoms with Crippen LogP contribution in [0.1, 0.15) is 27.0 Å². The van der Waals surface area contributed by atoms with Crippen molar-refractivity contribution in [3.05, 3.63) is 95.2 Å². The molecule has 5 heteroatoms. The van der Waals surface area contributed by atoms with Crippen LogP contribution in [0.3, 0.4) is 0 Å². The summed E-state index contributed by atoms with van der Waals surface area (Å²) in [6, 6.07) is 22.9. The Morgan fingerprint density at radius 3 is 2.37 bits per heavy atom. The SMILES string of the molecule is N#Cc1cccnc1N1CCN(C(=O)c2cccc(C#Cc3ccccc3)c2)CC1. The molecule has 0 bridgehead atoms. The van der Waals surface area contributed by atoms with Gasteiger partial charge in [0.1, 0.15) is 11.9 Å². The Balaban J connectivity index is 1.44. The van der Waals surface area contributed by atoms with E-state index in [1.165, 1.54) is 0 Å². The lowest BCUT2D eigenvalue weighted by molar-refractivity contribution is 0.0746. The zero-order valence-corrected chi connectivity index (χ0v) is 16.5. The van der Waals surface area contributed by atoms with Crippen LogP contribution in [0.25, 0.3) is 0 Å². The molecular weight excluding hydrogens is 372 g/mol. The average molecular weight is 392 g/mol. The van der Waals surface area contributed by atoms with Gasteiger partial charge < -0.3 is 9.80 Å². The van der Waals surface area contributed by atoms with Crippen molar-refractivity contribution in [2.24, 2.45) is 0 Å². The molecule has 146 valence electrons. The van der Waals surface area contributed by atoms with E-state index in [1.807, 2.05) is 59.5 Å². The molecule has 4 rings (SSSR count). The monoisotopic (exact) mass is 392 g/mol. The molecule has 1 aliphatic rings. The Bertz CT molecular complexity index is 1150. The zero-order chi connectivity index (χ0) is 20.8. The molecule has 0 unspecified atom stereocenters. The number of pyridine rings is 1. The second kappa shape index (κ2) is 8.94. The Morgan fingerprint density at radius 2 is 1.60 bits per heavy atom. The maximum Gasteiger partial charge on any atom is 0.254 e. The van der Waals surface area contributed by atoms with E-state index in [0.717, 1.165) is 11.1 Å². The molecule has 1 aromatic heterocycles. The van der Waals surface area contributed by atoms with E-state index in [0.29, 0.717) is 43.1 Å². The van der Waals surface area contributed by atoms with Crippen LogP contribution in [0.15, 0.2) is 72.9 Å². The first-order chi connectivity index (χ1) is 14.7. The van der Waals surface area contributed by atoms with Crippen molar-refractivity contribution in [1.29, 1.82) is 5.26 Å². The number of piperazine rings is 1. The van der Waals surface area contributed by atoms with E-state index >= 15 is 0 Å². The minimum absolute atomic E-state index is 0.000427. The molecule has 0 saturated carbocycles. The standard InChI is InChI=1S/C25H20N4O/c26-19-23-10-5-13-27-24(23)28-14-16-29(17-15-28)25(30)22-9-4-8-21(18-22)12-11-20-6-2-1-3-7-20/h1-10,13,18H,14-17H2. The lowest BCUT2D eigenvalue weighted by atomic mass is 10.1. The van der Waals surface area contributed by atoms with Gasteiger partial charge in [-0.1, -0.05) is 36.1 Å². The first kappa shape index (κ1) is 19.2. The molecule has 0 radical (unpaired) electrons. The third kappa shape index (κ3) is 4.32. The van der Waals surface area contributed by atoms with Crippen molar-refractivity contribution in [2.45, 2.75) is 0 Å². The number of rotatable bonds is 2. The van der Waals surface area contributed by atoms with E-state index in [4.69, 9.17) is 0 Å². The number of hydrogen-bond acceptors (Lipinski definition) is 4. The number of amides is 1. The number of nitrogens with zero attached hydrogens (tertiary/aromatic N) is 4. The van der Waals surface area contributed by atoms with Gasteiger partial charge in [0.05, 0.1) is 5.56 Å². The molecule has 3 aromatic rings. The summed E-state index contributed by atoms with van der Waals surface area (Å²) in [4.78, 5) is 21.2. The highest BCUT2D eigenvalue weighted by molar-refractivity contribution is 5.94. The summed E-state index contributed by atoms with van der Waals surface area (Å²) in [5.41, 5.74) is 2.95. The third-order valence-corrected chi connectivity index (χ3v) is 5.01. The van der Waals surface area contributed by atoms with Crippen LogP contribution in [0.5, 0.6) is 0 Å². The fraction of sp³-hybridized carbons (Fsp3) is 0.160. The number of benzene rings is 2. The predicted molar refractivity (Wildman–Crippen MR) is 116 cm³/mol. The number of hydrogen-bond donors (Lipinski definition) is 0. The lowest BCUT2D eigenvalue weighted by Gasteiger charge is -2.35. The second-order valence-electron chi connectivity index (χ2n) is 6.96. The molecule has 1 aliphatic heterocycles. The van der Waals surface area contributed by atoms with Gasteiger partial charge in [0.15, 0.2) is 0 Å². The summed E-state index contributed by atoms with van der Waals surface area (Å²) >= 11 is 0. The molecule has 1 amide bonds. The van der Waals surface area contributed by atoms with Crippen LogP contribution in [-0.2, 0) is 0 Å². The van der Waals surface area contributed by atoms with Crippen LogP contribution < -0.4 is 4.90 Å². The molecule has 2 aromatic carbocycles. The van der Waals surface area contributed by atoms with Crippen LogP contribution in [0, 0.1) is 23.2 Å². The second-order valence-corrected chi connectivity index (χ2v) is 6.96. The first-order valence-corrected chi connectivity index (χ1v) is 9.81. The van der Waals surface area contributed by atoms with E-state index in [-0.39, 0.29) is 5.91 Å². The van der Waals surface area contributed by atoms with Gasteiger partial charge >= 0.3 is 0 Å². The molecule has 1 saturated heterocycles. The topological polar surface area (TPSA) is 60.2 Å². The first-order valence-electron chi connectivity index (χ1n) is 9.81. The predicted octanol–water partition coefficient (Wildman–Crippen LogP) is 3.32. The summed E-state index contributed by atoms with van der Waals surface area (Å²) in [6.45, 7) is 2.45. The summed E-state index contributed by atoms with van der Waals surface area (Å²) in [6.07, 6.45) is 1.69. The van der Waals surface area contributed by atoms with Crippen molar-refractivity contribution in [3.63, 3.8) is 0 Å². The van der Waals surface area contributed by atoms with Gasteiger partial charge in [-0.2, -0.15) is 5.26 Å². The van der Waals surface area contributed by atoms with Gasteiger partial charge in [0.2, 0.25) is 0 Å². The van der Waals surface area contributed by atoms with Crippen molar-refractivity contribution in [2.75, 3.05) is 31.1 Å². The van der Waals surface area contributed by atoms with Crippen molar-refractivity contribution in [3.8, 4) is 17.9 Å². The summed E-state index contributed by atoms with van der Waals surface area (Å²) in [5.74, 6) is 6.94. The molecule has 2 heterocycles. The Hall–Kier alpha value is -4.09. The van der Waals surface area contributed by atoms with Gasteiger partial charge in [-0.25, -0.2) is 4.98 Å². The highest BCUT2D eigenvalue weighted by Gasteiger charge is 2.24. The summed E-state index contributed by atoms with van der Waals surface area (Å²) in [7, 11) is 0. The molecular formula is C25H20N4O. The van der Waals surface area contributed by atoms with E-state index in [1.54, 1.807) is 18.3 Å². The maximum absolute atomic E-state index is 13.0. The lowest BCUT2D eigenvalue weighted by Crippen LogP contribution is -2.49. The van der Waals surface area contributed by atoms with Crippen LogP contribution >= 0.6 is 0 Å². The van der Waals surface area contributed by atoms with Crippen molar-refractivity contribution in [1.82, 2.24) is 9.88 Å². The molecule has 1 fully saturated rings. The Labute approximate surface area is 176 Å². The highest BCUT2D eigenvalue weighted by atomic mass is 16.2. The van der Waals surface area contributed by atoms with Crippen LogP contribution in [-0.4, -0.2) is 42.0 Å². The number of aromatic nitrogens is 1. The number of nitriles is 1. The average Bonchev–Trinajstić information content (AvgIpc) is 2.83. The van der Waals surface area contributed by atoms with E-state index in [9.17, 15) is 10.1 Å². The molecule has 0 atom stereocenters. The minimum atomic E-state index is -0.000427. The van der Waals surface area contributed by atoms with E-state index < -0.39 is 0 Å². The number of carbonyl (C=O) groups is 1. The summed E-state index contributed by atoms with van der Waals surface area (Å²) in [5, 5.41) is 9.29. The maximum atomic E-state index is 13.0. The molecule has 0 spiro atoms. The van der Waals surface area contributed by atoms with E-state index in [2.05, 4.69) is 27.8 Å². The minimum Gasteiger partial charge on any atom is -0.352 e. The summed E-state index contributed by atoms with van der Waals surface area (Å²) < 4.78 is 0. The Kier molecular flexibility index (Phi) is 5.73. The van der Waals surface area contributed by atoms with Gasteiger partial charge in [0, 0.05) is 49.1 Å². The molecule has 30 heavy (non-hydrogen) atoms. The zero-order valence-electron chi connectivity index (χ0n) is 16.5. The Morgan fingerprint density at radius 1 is 0.867 bits per heavy atom. The van der Waals surface area contributed by atoms with Gasteiger partial charge in [-0.05, 0) is 42.5 Å². The van der Waals surface area contributed by atoms with Gasteiger partial charge in [-0.3, -0.25) is 4.79 Å². The largest absolute Gasteiger partial charge is 0.352 e. The molecule has 5 nitrogen and oxygen atoms in total. The normalized spacial score (nSPS) is 13.2. The smallest absolute Gasteiger partial charge is 0.254 e.